The summed E-state index contributed by atoms with van der Waals surface area (Å²) < 4.78 is 40.0. The minimum Gasteiger partial charge on any atom is -0.313 e. The van der Waals surface area contributed by atoms with E-state index in [1.165, 1.54) is 12.1 Å². The molecule has 0 spiro atoms. The molecule has 0 radical (unpaired) electrons. The van der Waals surface area contributed by atoms with Crippen LogP contribution in [0.15, 0.2) is 23.1 Å². The third-order valence-electron chi connectivity index (χ3n) is 3.06. The van der Waals surface area contributed by atoms with Crippen LogP contribution >= 0.6 is 0 Å². The van der Waals surface area contributed by atoms with Crippen LogP contribution in [-0.2, 0) is 10.0 Å². The summed E-state index contributed by atoms with van der Waals surface area (Å²) in [4.78, 5) is -0.277. The van der Waals surface area contributed by atoms with Gasteiger partial charge in [0.25, 0.3) is 0 Å². The van der Waals surface area contributed by atoms with Gasteiger partial charge in [-0.25, -0.2) is 17.5 Å². The van der Waals surface area contributed by atoms with Crippen molar-refractivity contribution < 1.29 is 12.8 Å². The lowest BCUT2D eigenvalue weighted by Crippen LogP contribution is -2.37. The highest BCUT2D eigenvalue weighted by atomic mass is 32.2. The number of rotatable bonds is 4. The van der Waals surface area contributed by atoms with Crippen LogP contribution in [0.3, 0.4) is 0 Å². The second kappa shape index (κ2) is 5.34. The number of hydrogen-bond acceptors (Lipinski definition) is 3. The van der Waals surface area contributed by atoms with Gasteiger partial charge in [0.05, 0.1) is 0 Å². The molecular formula is C12H17FN2O2S. The SMILES string of the molecule is Cc1ccc(F)c(S(=O)(=O)NCC2CCCN2)c1. The molecule has 0 aromatic heterocycles. The Morgan fingerprint density at radius 3 is 2.94 bits per heavy atom. The lowest BCUT2D eigenvalue weighted by molar-refractivity contribution is 0.538. The Hall–Kier alpha value is -0.980. The van der Waals surface area contributed by atoms with Crippen LogP contribution in [0.1, 0.15) is 18.4 Å². The van der Waals surface area contributed by atoms with Crippen LogP contribution in [0.2, 0.25) is 0 Å². The molecule has 1 atom stereocenters. The molecule has 2 N–H and O–H groups in total. The molecule has 0 bridgehead atoms. The zero-order valence-electron chi connectivity index (χ0n) is 10.2. The van der Waals surface area contributed by atoms with E-state index in [9.17, 15) is 12.8 Å². The summed E-state index contributed by atoms with van der Waals surface area (Å²) in [6, 6.07) is 4.22. The molecule has 1 saturated heterocycles. The minimum atomic E-state index is -3.77. The quantitative estimate of drug-likeness (QED) is 0.865. The molecule has 1 aromatic carbocycles. The lowest BCUT2D eigenvalue weighted by atomic mass is 10.2. The molecule has 1 unspecified atom stereocenters. The smallest absolute Gasteiger partial charge is 0.243 e. The Labute approximate surface area is 107 Å². The number of benzene rings is 1. The van der Waals surface area contributed by atoms with E-state index in [-0.39, 0.29) is 10.9 Å². The van der Waals surface area contributed by atoms with Crippen molar-refractivity contribution >= 4 is 10.0 Å². The Morgan fingerprint density at radius 1 is 1.50 bits per heavy atom. The van der Waals surface area contributed by atoms with Crippen LogP contribution in [0.25, 0.3) is 0 Å². The van der Waals surface area contributed by atoms with Gasteiger partial charge in [0.2, 0.25) is 10.0 Å². The topological polar surface area (TPSA) is 58.2 Å². The van der Waals surface area contributed by atoms with Crippen LogP contribution in [0.4, 0.5) is 4.39 Å². The number of halogens is 1. The van der Waals surface area contributed by atoms with Gasteiger partial charge in [-0.2, -0.15) is 0 Å². The van der Waals surface area contributed by atoms with E-state index in [4.69, 9.17) is 0 Å². The molecule has 1 aliphatic heterocycles. The Balaban J connectivity index is 2.12. The van der Waals surface area contributed by atoms with E-state index in [2.05, 4.69) is 10.0 Å². The molecule has 0 aliphatic carbocycles. The van der Waals surface area contributed by atoms with Crippen LogP contribution in [0.5, 0.6) is 0 Å². The van der Waals surface area contributed by atoms with Gasteiger partial charge in [0, 0.05) is 12.6 Å². The van der Waals surface area contributed by atoms with Gasteiger partial charge in [-0.05, 0) is 44.0 Å². The highest BCUT2D eigenvalue weighted by Crippen LogP contribution is 2.16. The molecular weight excluding hydrogens is 255 g/mol. The average Bonchev–Trinajstić information content (AvgIpc) is 2.83. The molecule has 1 aromatic rings. The summed E-state index contributed by atoms with van der Waals surface area (Å²) >= 11 is 0. The summed E-state index contributed by atoms with van der Waals surface area (Å²) in [7, 11) is -3.77. The Kier molecular flexibility index (Phi) is 3.99. The van der Waals surface area contributed by atoms with E-state index in [0.717, 1.165) is 24.9 Å². The third kappa shape index (κ3) is 3.07. The van der Waals surface area contributed by atoms with Crippen LogP contribution in [0, 0.1) is 12.7 Å². The summed E-state index contributed by atoms with van der Waals surface area (Å²) in [6.07, 6.45) is 1.99. The summed E-state index contributed by atoms with van der Waals surface area (Å²) in [6.45, 7) is 2.94. The molecule has 100 valence electrons. The van der Waals surface area contributed by atoms with Gasteiger partial charge < -0.3 is 5.32 Å². The van der Waals surface area contributed by atoms with Gasteiger partial charge in [0.1, 0.15) is 10.7 Å². The zero-order chi connectivity index (χ0) is 13.2. The molecule has 6 heteroatoms. The van der Waals surface area contributed by atoms with E-state index in [1.807, 2.05) is 0 Å². The maximum absolute atomic E-state index is 13.5. The van der Waals surface area contributed by atoms with Crippen molar-refractivity contribution in [2.45, 2.75) is 30.7 Å². The second-order valence-electron chi connectivity index (χ2n) is 4.58. The fraction of sp³-hybridized carbons (Fsp3) is 0.500. The van der Waals surface area contributed by atoms with Gasteiger partial charge >= 0.3 is 0 Å². The van der Waals surface area contributed by atoms with Crippen molar-refractivity contribution in [2.75, 3.05) is 13.1 Å². The van der Waals surface area contributed by atoms with Gasteiger partial charge in [-0.1, -0.05) is 6.07 Å². The molecule has 0 amide bonds. The molecule has 0 saturated carbocycles. The van der Waals surface area contributed by atoms with Gasteiger partial charge in [0.15, 0.2) is 0 Å². The van der Waals surface area contributed by atoms with Crippen molar-refractivity contribution in [3.05, 3.63) is 29.6 Å². The number of sulfonamides is 1. The maximum Gasteiger partial charge on any atom is 0.243 e. The zero-order valence-corrected chi connectivity index (χ0v) is 11.1. The molecule has 1 heterocycles. The monoisotopic (exact) mass is 272 g/mol. The van der Waals surface area contributed by atoms with Crippen molar-refractivity contribution in [1.29, 1.82) is 0 Å². The fourth-order valence-electron chi connectivity index (χ4n) is 2.04. The van der Waals surface area contributed by atoms with E-state index in [1.54, 1.807) is 13.0 Å². The first-order valence-electron chi connectivity index (χ1n) is 5.98. The highest BCUT2D eigenvalue weighted by Gasteiger charge is 2.21. The first-order valence-corrected chi connectivity index (χ1v) is 7.46. The van der Waals surface area contributed by atoms with Gasteiger partial charge in [-0.3, -0.25) is 0 Å². The first kappa shape index (κ1) is 13.5. The van der Waals surface area contributed by atoms with E-state index >= 15 is 0 Å². The van der Waals surface area contributed by atoms with E-state index < -0.39 is 15.8 Å². The van der Waals surface area contributed by atoms with Crippen molar-refractivity contribution in [2.24, 2.45) is 0 Å². The standard InChI is InChI=1S/C12H17FN2O2S/c1-9-4-5-11(13)12(7-9)18(16,17)15-8-10-3-2-6-14-10/h4-5,7,10,14-15H,2-3,6,8H2,1H3. The summed E-state index contributed by atoms with van der Waals surface area (Å²) in [5.41, 5.74) is 0.718. The minimum absolute atomic E-state index is 0.146. The largest absolute Gasteiger partial charge is 0.313 e. The fourth-order valence-corrected chi connectivity index (χ4v) is 3.28. The van der Waals surface area contributed by atoms with Crippen molar-refractivity contribution in [1.82, 2.24) is 10.0 Å². The normalized spacial score (nSPS) is 20.2. The Bertz CT molecular complexity index is 525. The summed E-state index contributed by atoms with van der Waals surface area (Å²) in [5, 5.41) is 3.19. The number of nitrogens with one attached hydrogen (secondary N) is 2. The Morgan fingerprint density at radius 2 is 2.28 bits per heavy atom. The van der Waals surface area contributed by atoms with Gasteiger partial charge in [-0.15, -0.1) is 0 Å². The number of aryl methyl sites for hydroxylation is 1. The second-order valence-corrected chi connectivity index (χ2v) is 6.31. The molecule has 1 aliphatic rings. The van der Waals surface area contributed by atoms with Crippen molar-refractivity contribution in [3.63, 3.8) is 0 Å². The average molecular weight is 272 g/mol. The third-order valence-corrected chi connectivity index (χ3v) is 4.50. The van der Waals surface area contributed by atoms with E-state index in [0.29, 0.717) is 6.54 Å². The molecule has 1 fully saturated rings. The first-order chi connectivity index (χ1) is 8.49. The van der Waals surface area contributed by atoms with Crippen LogP contribution in [-0.4, -0.2) is 27.5 Å². The maximum atomic E-state index is 13.5. The molecule has 2 rings (SSSR count). The molecule has 18 heavy (non-hydrogen) atoms. The summed E-state index contributed by atoms with van der Waals surface area (Å²) in [5.74, 6) is -0.715. The highest BCUT2D eigenvalue weighted by molar-refractivity contribution is 7.89. The predicted octanol–water partition coefficient (Wildman–Crippen LogP) is 1.16. The van der Waals surface area contributed by atoms with Crippen molar-refractivity contribution in [3.8, 4) is 0 Å². The predicted molar refractivity (Wildman–Crippen MR) is 67.4 cm³/mol. The number of hydrogen-bond donors (Lipinski definition) is 2. The lowest BCUT2D eigenvalue weighted by Gasteiger charge is -2.12. The van der Waals surface area contributed by atoms with Crippen LogP contribution < -0.4 is 10.0 Å². The molecule has 4 nitrogen and oxygen atoms in total.